The van der Waals surface area contributed by atoms with Crippen molar-refractivity contribution in [3.63, 3.8) is 0 Å². The molecule has 124 valence electrons. The molecule has 1 saturated carbocycles. The minimum Gasteiger partial charge on any atom is -0.340 e. The molecule has 5 nitrogen and oxygen atoms in total. The summed E-state index contributed by atoms with van der Waals surface area (Å²) in [5, 5.41) is 0. The van der Waals surface area contributed by atoms with Crippen molar-refractivity contribution in [3.05, 3.63) is 17.8 Å². The zero-order valence-electron chi connectivity index (χ0n) is 14.3. The van der Waals surface area contributed by atoms with Gasteiger partial charge < -0.3 is 9.80 Å². The van der Waals surface area contributed by atoms with Gasteiger partial charge in [0.1, 0.15) is 6.04 Å². The summed E-state index contributed by atoms with van der Waals surface area (Å²) < 4.78 is 0. The Morgan fingerprint density at radius 1 is 1.26 bits per heavy atom. The third-order valence-corrected chi connectivity index (χ3v) is 5.84. The van der Waals surface area contributed by atoms with Crippen LogP contribution in [0.3, 0.4) is 0 Å². The van der Waals surface area contributed by atoms with Crippen LogP contribution >= 0.6 is 0 Å². The van der Waals surface area contributed by atoms with E-state index in [-0.39, 0.29) is 11.9 Å². The summed E-state index contributed by atoms with van der Waals surface area (Å²) in [4.78, 5) is 24.1. The van der Waals surface area contributed by atoms with Gasteiger partial charge in [-0.2, -0.15) is 0 Å². The predicted octanol–water partition coefficient (Wildman–Crippen LogP) is 2.22. The molecule has 1 aromatic rings. The number of nitrogens with zero attached hydrogens (tertiary/aromatic N) is 4. The first-order valence-corrected chi connectivity index (χ1v) is 8.84. The molecule has 0 bridgehead atoms. The molecule has 3 heterocycles. The van der Waals surface area contributed by atoms with Crippen LogP contribution in [0.15, 0.2) is 12.3 Å². The van der Waals surface area contributed by atoms with E-state index in [1.54, 1.807) is 0 Å². The first-order valence-electron chi connectivity index (χ1n) is 8.84. The molecule has 2 fully saturated rings. The van der Waals surface area contributed by atoms with Crippen molar-refractivity contribution in [1.29, 1.82) is 0 Å². The molecular weight excluding hydrogens is 288 g/mol. The number of carbonyl (C=O) groups is 1. The van der Waals surface area contributed by atoms with Crippen molar-refractivity contribution >= 4 is 17.4 Å². The quantitative estimate of drug-likeness (QED) is 0.839. The molecule has 1 unspecified atom stereocenters. The van der Waals surface area contributed by atoms with Crippen LogP contribution in [0.4, 0.5) is 11.5 Å². The number of fused-ring (bicyclic) bond motifs is 3. The van der Waals surface area contributed by atoms with Gasteiger partial charge in [-0.15, -0.1) is 0 Å². The van der Waals surface area contributed by atoms with Crippen molar-refractivity contribution in [1.82, 2.24) is 9.88 Å². The van der Waals surface area contributed by atoms with Crippen LogP contribution < -0.4 is 9.80 Å². The molecule has 1 aliphatic carbocycles. The van der Waals surface area contributed by atoms with E-state index >= 15 is 0 Å². The highest BCUT2D eigenvalue weighted by Gasteiger charge is 2.41. The SMILES string of the molecule is CC(C)N1CCN2c3ncc(C4CCC4)cc3N(C)C(=O)C2C1. The largest absolute Gasteiger partial charge is 0.340 e. The molecule has 2 aliphatic heterocycles. The summed E-state index contributed by atoms with van der Waals surface area (Å²) in [6.07, 6.45) is 5.87. The van der Waals surface area contributed by atoms with Crippen LogP contribution in [-0.2, 0) is 4.79 Å². The molecule has 0 radical (unpaired) electrons. The number of aromatic nitrogens is 1. The molecule has 0 aromatic carbocycles. The third-order valence-electron chi connectivity index (χ3n) is 5.84. The number of likely N-dealkylation sites (N-methyl/N-ethyl adjacent to an activating group) is 1. The lowest BCUT2D eigenvalue weighted by atomic mass is 9.80. The lowest BCUT2D eigenvalue weighted by Crippen LogP contribution is -2.63. The molecule has 1 saturated heterocycles. The summed E-state index contributed by atoms with van der Waals surface area (Å²) in [6.45, 7) is 7.07. The number of hydrogen-bond donors (Lipinski definition) is 0. The standard InChI is InChI=1S/C18H26N4O/c1-12(2)21-7-8-22-16(11-21)18(23)20(3)15-9-14(10-19-17(15)22)13-5-4-6-13/h9-10,12-13,16H,4-8,11H2,1-3H3. The van der Waals surface area contributed by atoms with Crippen molar-refractivity contribution in [2.24, 2.45) is 0 Å². The monoisotopic (exact) mass is 314 g/mol. The molecule has 1 aromatic heterocycles. The summed E-state index contributed by atoms with van der Waals surface area (Å²) >= 11 is 0. The van der Waals surface area contributed by atoms with E-state index in [0.717, 1.165) is 31.1 Å². The van der Waals surface area contributed by atoms with E-state index in [2.05, 4.69) is 29.7 Å². The zero-order valence-corrected chi connectivity index (χ0v) is 14.3. The van der Waals surface area contributed by atoms with Gasteiger partial charge in [-0.05, 0) is 44.2 Å². The van der Waals surface area contributed by atoms with Crippen LogP contribution in [0.2, 0.25) is 0 Å². The Hall–Kier alpha value is -1.62. The second-order valence-electron chi connectivity index (χ2n) is 7.43. The highest BCUT2D eigenvalue weighted by atomic mass is 16.2. The Morgan fingerprint density at radius 3 is 2.70 bits per heavy atom. The maximum Gasteiger partial charge on any atom is 0.250 e. The van der Waals surface area contributed by atoms with Gasteiger partial charge in [-0.25, -0.2) is 4.98 Å². The van der Waals surface area contributed by atoms with Gasteiger partial charge in [0.05, 0.1) is 5.69 Å². The lowest BCUT2D eigenvalue weighted by molar-refractivity contribution is -0.121. The molecule has 5 heteroatoms. The molecule has 0 spiro atoms. The Balaban J connectivity index is 1.67. The average molecular weight is 314 g/mol. The van der Waals surface area contributed by atoms with Gasteiger partial charge in [0.2, 0.25) is 0 Å². The fourth-order valence-electron chi connectivity index (χ4n) is 3.97. The Bertz CT molecular complexity index is 625. The summed E-state index contributed by atoms with van der Waals surface area (Å²) in [5.41, 5.74) is 2.29. The van der Waals surface area contributed by atoms with E-state index < -0.39 is 0 Å². The molecular formula is C18H26N4O. The van der Waals surface area contributed by atoms with Crippen LogP contribution in [0, 0.1) is 0 Å². The molecule has 0 N–H and O–H groups in total. The third kappa shape index (κ3) is 2.33. The van der Waals surface area contributed by atoms with E-state index in [0.29, 0.717) is 12.0 Å². The maximum absolute atomic E-state index is 12.9. The second kappa shape index (κ2) is 5.48. The van der Waals surface area contributed by atoms with Gasteiger partial charge in [0, 0.05) is 38.9 Å². The van der Waals surface area contributed by atoms with Crippen LogP contribution in [-0.4, -0.2) is 54.6 Å². The van der Waals surface area contributed by atoms with Crippen LogP contribution in [0.5, 0.6) is 0 Å². The van der Waals surface area contributed by atoms with Gasteiger partial charge in [0.15, 0.2) is 5.82 Å². The second-order valence-corrected chi connectivity index (χ2v) is 7.43. The Morgan fingerprint density at radius 2 is 2.04 bits per heavy atom. The number of rotatable bonds is 2. The minimum atomic E-state index is -0.0919. The van der Waals surface area contributed by atoms with Gasteiger partial charge in [-0.1, -0.05) is 6.42 Å². The highest BCUT2D eigenvalue weighted by molar-refractivity contribution is 6.04. The van der Waals surface area contributed by atoms with Crippen LogP contribution in [0.1, 0.15) is 44.6 Å². The van der Waals surface area contributed by atoms with Crippen LogP contribution in [0.25, 0.3) is 0 Å². The topological polar surface area (TPSA) is 39.7 Å². The molecule has 1 amide bonds. The van der Waals surface area contributed by atoms with E-state index in [1.807, 2.05) is 18.1 Å². The Labute approximate surface area is 138 Å². The zero-order chi connectivity index (χ0) is 16.1. The minimum absolute atomic E-state index is 0.0919. The summed E-state index contributed by atoms with van der Waals surface area (Å²) in [7, 11) is 1.90. The lowest BCUT2D eigenvalue weighted by Gasteiger charge is -2.47. The molecule has 23 heavy (non-hydrogen) atoms. The van der Waals surface area contributed by atoms with E-state index in [9.17, 15) is 4.79 Å². The number of pyridine rings is 1. The molecule has 3 aliphatic rings. The number of amides is 1. The summed E-state index contributed by atoms with van der Waals surface area (Å²) in [6, 6.07) is 2.59. The summed E-state index contributed by atoms with van der Waals surface area (Å²) in [5.74, 6) is 1.84. The number of piperazine rings is 1. The van der Waals surface area contributed by atoms with E-state index in [4.69, 9.17) is 4.98 Å². The highest BCUT2D eigenvalue weighted by Crippen LogP contribution is 2.41. The van der Waals surface area contributed by atoms with E-state index in [1.165, 1.54) is 24.8 Å². The average Bonchev–Trinajstić information content (AvgIpc) is 2.50. The smallest absolute Gasteiger partial charge is 0.250 e. The Kier molecular flexibility index (Phi) is 3.56. The first-order chi connectivity index (χ1) is 11.1. The molecule has 4 rings (SSSR count). The number of hydrogen-bond acceptors (Lipinski definition) is 4. The van der Waals surface area contributed by atoms with Crippen molar-refractivity contribution in [2.45, 2.75) is 51.1 Å². The van der Waals surface area contributed by atoms with Crippen molar-refractivity contribution in [2.75, 3.05) is 36.5 Å². The van der Waals surface area contributed by atoms with Gasteiger partial charge >= 0.3 is 0 Å². The molecule has 1 atom stereocenters. The number of carbonyl (C=O) groups excluding carboxylic acids is 1. The fourth-order valence-corrected chi connectivity index (χ4v) is 3.97. The maximum atomic E-state index is 12.9. The predicted molar refractivity (Wildman–Crippen MR) is 92.1 cm³/mol. The fraction of sp³-hybridized carbons (Fsp3) is 0.667. The van der Waals surface area contributed by atoms with Gasteiger partial charge in [0.25, 0.3) is 5.91 Å². The normalized spacial score (nSPS) is 25.4. The van der Waals surface area contributed by atoms with Crippen molar-refractivity contribution in [3.8, 4) is 0 Å². The number of anilines is 2. The first kappa shape index (κ1) is 14.9. The van der Waals surface area contributed by atoms with Crippen molar-refractivity contribution < 1.29 is 4.79 Å². The van der Waals surface area contributed by atoms with Gasteiger partial charge in [-0.3, -0.25) is 9.69 Å².